The molecule has 0 radical (unpaired) electrons. The third-order valence-corrected chi connectivity index (χ3v) is 5.17. The van der Waals surface area contributed by atoms with E-state index < -0.39 is 0 Å². The zero-order valence-corrected chi connectivity index (χ0v) is 16.8. The van der Waals surface area contributed by atoms with Crippen molar-refractivity contribution in [1.29, 1.82) is 0 Å². The molecule has 2 nitrogen and oxygen atoms in total. The summed E-state index contributed by atoms with van der Waals surface area (Å²) in [5.41, 5.74) is 0.769. The average molecular weight is 349 g/mol. The van der Waals surface area contributed by atoms with E-state index in [0.29, 0.717) is 6.42 Å². The summed E-state index contributed by atoms with van der Waals surface area (Å²) in [6, 6.07) is 1.79. The van der Waals surface area contributed by atoms with Crippen molar-refractivity contribution in [3.63, 3.8) is 0 Å². The quantitative estimate of drug-likeness (QED) is 0.211. The molecule has 0 atom stereocenters. The van der Waals surface area contributed by atoms with Crippen LogP contribution in [0.2, 0.25) is 0 Å². The summed E-state index contributed by atoms with van der Waals surface area (Å²) in [6.07, 6.45) is 22.6. The number of carbonyl (C=O) groups is 1. The van der Waals surface area contributed by atoms with Crippen molar-refractivity contribution < 1.29 is 9.21 Å². The number of rotatable bonds is 17. The lowest BCUT2D eigenvalue weighted by Crippen LogP contribution is -1.98. The summed E-state index contributed by atoms with van der Waals surface area (Å²) in [5.74, 6) is 0.993. The molecular weight excluding hydrogens is 308 g/mol. The van der Waals surface area contributed by atoms with E-state index in [1.807, 2.05) is 6.92 Å². The van der Waals surface area contributed by atoms with Crippen LogP contribution in [0.25, 0.3) is 0 Å². The first-order valence-electron chi connectivity index (χ1n) is 10.8. The van der Waals surface area contributed by atoms with Gasteiger partial charge in [0.05, 0.1) is 11.8 Å². The lowest BCUT2D eigenvalue weighted by atomic mass is 10.0. The SMILES string of the molecule is CCCCCCCCCCCCCCCCCC(=O)c1ccoc1C. The average Bonchev–Trinajstić information content (AvgIpc) is 3.04. The molecule has 0 aromatic carbocycles. The fourth-order valence-corrected chi connectivity index (χ4v) is 3.47. The molecule has 0 spiro atoms. The lowest BCUT2D eigenvalue weighted by Gasteiger charge is -2.03. The second-order valence-electron chi connectivity index (χ2n) is 7.51. The minimum absolute atomic E-state index is 0.237. The second-order valence-corrected chi connectivity index (χ2v) is 7.51. The first-order valence-corrected chi connectivity index (χ1v) is 10.8. The number of hydrogen-bond donors (Lipinski definition) is 0. The van der Waals surface area contributed by atoms with Crippen LogP contribution in [0.4, 0.5) is 0 Å². The van der Waals surface area contributed by atoms with Crippen molar-refractivity contribution in [2.45, 2.75) is 117 Å². The normalized spacial score (nSPS) is 11.1. The number of unbranched alkanes of at least 4 members (excludes halogenated alkanes) is 14. The molecule has 0 fully saturated rings. The van der Waals surface area contributed by atoms with Crippen LogP contribution in [0, 0.1) is 6.92 Å². The van der Waals surface area contributed by atoms with Crippen molar-refractivity contribution in [1.82, 2.24) is 0 Å². The lowest BCUT2D eigenvalue weighted by molar-refractivity contribution is 0.0977. The number of Topliss-reactive ketones (excluding diaryl/α,β-unsaturated/α-hetero) is 1. The van der Waals surface area contributed by atoms with E-state index in [9.17, 15) is 4.79 Å². The summed E-state index contributed by atoms with van der Waals surface area (Å²) in [4.78, 5) is 12.0. The summed E-state index contributed by atoms with van der Waals surface area (Å²) >= 11 is 0. The molecule has 1 heterocycles. The summed E-state index contributed by atoms with van der Waals surface area (Å²) in [6.45, 7) is 4.14. The highest BCUT2D eigenvalue weighted by Gasteiger charge is 2.10. The van der Waals surface area contributed by atoms with Crippen molar-refractivity contribution in [3.05, 3.63) is 23.7 Å². The summed E-state index contributed by atoms with van der Waals surface area (Å²) in [7, 11) is 0. The van der Waals surface area contributed by atoms with Crippen molar-refractivity contribution in [2.75, 3.05) is 0 Å². The second kappa shape index (κ2) is 15.2. The molecule has 25 heavy (non-hydrogen) atoms. The van der Waals surface area contributed by atoms with E-state index in [4.69, 9.17) is 4.42 Å². The highest BCUT2D eigenvalue weighted by atomic mass is 16.3. The Morgan fingerprint density at radius 3 is 1.60 bits per heavy atom. The third kappa shape index (κ3) is 11.2. The number of hydrogen-bond acceptors (Lipinski definition) is 2. The van der Waals surface area contributed by atoms with Gasteiger partial charge in [-0.1, -0.05) is 96.8 Å². The van der Waals surface area contributed by atoms with Gasteiger partial charge in [0.15, 0.2) is 5.78 Å². The summed E-state index contributed by atoms with van der Waals surface area (Å²) < 4.78 is 5.19. The van der Waals surface area contributed by atoms with Crippen LogP contribution in [0.1, 0.15) is 126 Å². The maximum absolute atomic E-state index is 12.0. The molecule has 0 N–H and O–H groups in total. The Labute approximate surface area is 155 Å². The van der Waals surface area contributed by atoms with Gasteiger partial charge in [-0.05, 0) is 19.4 Å². The first-order chi connectivity index (χ1) is 12.3. The Balaban J connectivity index is 1.79. The molecule has 1 rings (SSSR count). The maximum atomic E-state index is 12.0. The van der Waals surface area contributed by atoms with Gasteiger partial charge in [0.2, 0.25) is 0 Å². The fourth-order valence-electron chi connectivity index (χ4n) is 3.47. The predicted molar refractivity (Wildman–Crippen MR) is 107 cm³/mol. The molecule has 0 amide bonds. The van der Waals surface area contributed by atoms with E-state index in [0.717, 1.165) is 17.7 Å². The molecule has 1 aromatic heterocycles. The largest absolute Gasteiger partial charge is 0.469 e. The first kappa shape index (κ1) is 22.0. The van der Waals surface area contributed by atoms with Gasteiger partial charge in [-0.15, -0.1) is 0 Å². The molecular formula is C23H40O2. The van der Waals surface area contributed by atoms with E-state index >= 15 is 0 Å². The minimum atomic E-state index is 0.237. The fraction of sp³-hybridized carbons (Fsp3) is 0.783. The minimum Gasteiger partial charge on any atom is -0.469 e. The number of carbonyl (C=O) groups excluding carboxylic acids is 1. The van der Waals surface area contributed by atoms with Gasteiger partial charge < -0.3 is 4.42 Å². The van der Waals surface area contributed by atoms with Crippen LogP contribution < -0.4 is 0 Å². The van der Waals surface area contributed by atoms with Gasteiger partial charge in [0, 0.05) is 6.42 Å². The zero-order valence-electron chi connectivity index (χ0n) is 16.8. The van der Waals surface area contributed by atoms with Crippen LogP contribution in [0.5, 0.6) is 0 Å². The maximum Gasteiger partial charge on any atom is 0.166 e. The van der Waals surface area contributed by atoms with E-state index in [-0.39, 0.29) is 5.78 Å². The standard InChI is InChI=1S/C23H40O2/c1-3-4-5-6-7-8-9-10-11-12-13-14-15-16-17-18-23(24)22-19-20-25-21(22)2/h19-20H,3-18H2,1-2H3. The Hall–Kier alpha value is -1.05. The van der Waals surface area contributed by atoms with Crippen molar-refractivity contribution in [3.8, 4) is 0 Å². The predicted octanol–water partition coefficient (Wildman–Crippen LogP) is 8.03. The molecule has 0 saturated carbocycles. The highest BCUT2D eigenvalue weighted by molar-refractivity contribution is 5.96. The van der Waals surface area contributed by atoms with Gasteiger partial charge in [0.1, 0.15) is 5.76 Å². The van der Waals surface area contributed by atoms with Gasteiger partial charge in [-0.25, -0.2) is 0 Å². The van der Waals surface area contributed by atoms with Gasteiger partial charge in [-0.2, -0.15) is 0 Å². The van der Waals surface area contributed by atoms with Gasteiger partial charge >= 0.3 is 0 Å². The molecule has 0 aliphatic carbocycles. The van der Waals surface area contributed by atoms with Gasteiger partial charge in [-0.3, -0.25) is 4.79 Å². The Morgan fingerprint density at radius 2 is 1.20 bits per heavy atom. The Bertz CT molecular complexity index is 433. The molecule has 144 valence electrons. The molecule has 0 saturated heterocycles. The van der Waals surface area contributed by atoms with Crippen molar-refractivity contribution >= 4 is 5.78 Å². The smallest absolute Gasteiger partial charge is 0.166 e. The number of aryl methyl sites for hydroxylation is 1. The monoisotopic (exact) mass is 348 g/mol. The van der Waals surface area contributed by atoms with Gasteiger partial charge in [0.25, 0.3) is 0 Å². The van der Waals surface area contributed by atoms with Crippen LogP contribution in [0.15, 0.2) is 16.7 Å². The summed E-state index contributed by atoms with van der Waals surface area (Å²) in [5, 5.41) is 0. The van der Waals surface area contributed by atoms with Crippen LogP contribution in [-0.4, -0.2) is 5.78 Å². The molecule has 2 heteroatoms. The molecule has 0 unspecified atom stereocenters. The van der Waals surface area contributed by atoms with E-state index in [1.165, 1.54) is 89.9 Å². The molecule has 1 aromatic rings. The van der Waals surface area contributed by atoms with E-state index in [2.05, 4.69) is 6.92 Å². The Kier molecular flexibility index (Phi) is 13.4. The van der Waals surface area contributed by atoms with E-state index in [1.54, 1.807) is 12.3 Å². The Morgan fingerprint density at radius 1 is 0.760 bits per heavy atom. The van der Waals surface area contributed by atoms with Crippen LogP contribution >= 0.6 is 0 Å². The topological polar surface area (TPSA) is 30.2 Å². The molecule has 0 bridgehead atoms. The highest BCUT2D eigenvalue weighted by Crippen LogP contribution is 2.16. The zero-order chi connectivity index (χ0) is 18.2. The molecule has 0 aliphatic heterocycles. The third-order valence-electron chi connectivity index (χ3n) is 5.17. The van der Waals surface area contributed by atoms with Crippen LogP contribution in [0.3, 0.4) is 0 Å². The van der Waals surface area contributed by atoms with Crippen LogP contribution in [-0.2, 0) is 0 Å². The number of ketones is 1. The number of furan rings is 1. The molecule has 0 aliphatic rings. The van der Waals surface area contributed by atoms with Crippen molar-refractivity contribution in [2.24, 2.45) is 0 Å².